The summed E-state index contributed by atoms with van der Waals surface area (Å²) in [5, 5.41) is 0. The molecule has 18 heavy (non-hydrogen) atoms. The Kier molecular flexibility index (Phi) is 4.24. The fourth-order valence-corrected chi connectivity index (χ4v) is 2.26. The van der Waals surface area contributed by atoms with E-state index in [-0.39, 0.29) is 12.2 Å². The van der Waals surface area contributed by atoms with Gasteiger partial charge in [-0.2, -0.15) is 0 Å². The smallest absolute Gasteiger partial charge is 0.431 e. The molecule has 2 rings (SSSR count). The molecule has 0 saturated carbocycles. The predicted octanol–water partition coefficient (Wildman–Crippen LogP) is 4.02. The summed E-state index contributed by atoms with van der Waals surface area (Å²) >= 11 is 0. The standard InChI is InChI=1S/C15H20O3/c1-3-5-11-6-8-12(9-7-11)14-10-13(4-2)17-15(16)18-14/h6-9,13-14H,3-5,10H2,1-2H3/t13-,14-/m0/s1. The molecule has 1 aromatic carbocycles. The molecule has 1 aliphatic heterocycles. The summed E-state index contributed by atoms with van der Waals surface area (Å²) in [6.07, 6.45) is 3.08. The quantitative estimate of drug-likeness (QED) is 0.755. The highest BCUT2D eigenvalue weighted by Gasteiger charge is 2.29. The SMILES string of the molecule is CCCc1ccc([C@@H]2C[C@H](CC)OC(=O)O2)cc1. The van der Waals surface area contributed by atoms with Crippen molar-refractivity contribution in [2.75, 3.05) is 0 Å². The van der Waals surface area contributed by atoms with Crippen LogP contribution >= 0.6 is 0 Å². The minimum atomic E-state index is -0.546. The first kappa shape index (κ1) is 12.9. The van der Waals surface area contributed by atoms with Gasteiger partial charge in [-0.15, -0.1) is 0 Å². The van der Waals surface area contributed by atoms with Crippen LogP contribution in [0.1, 0.15) is 50.3 Å². The van der Waals surface area contributed by atoms with Crippen LogP contribution in [0, 0.1) is 0 Å². The Balaban J connectivity index is 2.07. The van der Waals surface area contributed by atoms with Gasteiger partial charge < -0.3 is 9.47 Å². The Morgan fingerprint density at radius 3 is 2.50 bits per heavy atom. The number of cyclic esters (lactones) is 2. The second-order valence-electron chi connectivity index (χ2n) is 4.73. The molecule has 1 heterocycles. The largest absolute Gasteiger partial charge is 0.509 e. The summed E-state index contributed by atoms with van der Waals surface area (Å²) in [4.78, 5) is 11.3. The van der Waals surface area contributed by atoms with Crippen molar-refractivity contribution in [1.29, 1.82) is 0 Å². The van der Waals surface area contributed by atoms with E-state index in [1.807, 2.05) is 6.92 Å². The van der Waals surface area contributed by atoms with Gasteiger partial charge in [-0.3, -0.25) is 0 Å². The van der Waals surface area contributed by atoms with Crippen LogP contribution in [0.25, 0.3) is 0 Å². The highest BCUT2D eigenvalue weighted by molar-refractivity contribution is 5.61. The van der Waals surface area contributed by atoms with Crippen molar-refractivity contribution in [3.05, 3.63) is 35.4 Å². The van der Waals surface area contributed by atoms with Gasteiger partial charge in [0.25, 0.3) is 0 Å². The Morgan fingerprint density at radius 2 is 1.89 bits per heavy atom. The summed E-state index contributed by atoms with van der Waals surface area (Å²) in [7, 11) is 0. The zero-order valence-electron chi connectivity index (χ0n) is 11.0. The van der Waals surface area contributed by atoms with Crippen LogP contribution in [-0.4, -0.2) is 12.3 Å². The van der Waals surface area contributed by atoms with Crippen molar-refractivity contribution in [3.8, 4) is 0 Å². The maximum atomic E-state index is 11.3. The van der Waals surface area contributed by atoms with Gasteiger partial charge in [0.15, 0.2) is 0 Å². The molecule has 3 heteroatoms. The topological polar surface area (TPSA) is 35.5 Å². The van der Waals surface area contributed by atoms with Crippen molar-refractivity contribution in [2.24, 2.45) is 0 Å². The Hall–Kier alpha value is -1.51. The van der Waals surface area contributed by atoms with E-state index in [2.05, 4.69) is 31.2 Å². The molecule has 1 saturated heterocycles. The van der Waals surface area contributed by atoms with Crippen LogP contribution < -0.4 is 0 Å². The molecule has 0 spiro atoms. The van der Waals surface area contributed by atoms with Gasteiger partial charge >= 0.3 is 6.16 Å². The molecule has 0 aromatic heterocycles. The molecule has 98 valence electrons. The van der Waals surface area contributed by atoms with Crippen LogP contribution in [0.5, 0.6) is 0 Å². The third-order valence-corrected chi connectivity index (χ3v) is 3.32. The van der Waals surface area contributed by atoms with Crippen LogP contribution in [0.3, 0.4) is 0 Å². The molecule has 0 unspecified atom stereocenters. The van der Waals surface area contributed by atoms with Gasteiger partial charge in [0.1, 0.15) is 12.2 Å². The first-order chi connectivity index (χ1) is 8.72. The fraction of sp³-hybridized carbons (Fsp3) is 0.533. The molecule has 0 N–H and O–H groups in total. The first-order valence-corrected chi connectivity index (χ1v) is 6.69. The van der Waals surface area contributed by atoms with Gasteiger partial charge in [-0.25, -0.2) is 4.79 Å². The molecule has 3 nitrogen and oxygen atoms in total. The summed E-state index contributed by atoms with van der Waals surface area (Å²) in [5.74, 6) is 0. The second-order valence-corrected chi connectivity index (χ2v) is 4.73. The zero-order chi connectivity index (χ0) is 13.0. The van der Waals surface area contributed by atoms with E-state index in [4.69, 9.17) is 9.47 Å². The number of benzene rings is 1. The number of hydrogen-bond donors (Lipinski definition) is 0. The normalized spacial score (nSPS) is 23.3. The van der Waals surface area contributed by atoms with Gasteiger partial charge in [0, 0.05) is 6.42 Å². The minimum Gasteiger partial charge on any atom is -0.431 e. The zero-order valence-corrected chi connectivity index (χ0v) is 11.0. The lowest BCUT2D eigenvalue weighted by atomic mass is 9.99. The third-order valence-electron chi connectivity index (χ3n) is 3.32. The molecule has 0 aliphatic carbocycles. The van der Waals surface area contributed by atoms with E-state index in [1.54, 1.807) is 0 Å². The molecular weight excluding hydrogens is 228 g/mol. The highest BCUT2D eigenvalue weighted by Crippen LogP contribution is 2.30. The number of carbonyl (C=O) groups excluding carboxylic acids is 1. The second kappa shape index (κ2) is 5.89. The first-order valence-electron chi connectivity index (χ1n) is 6.69. The number of aryl methyl sites for hydroxylation is 1. The number of ether oxygens (including phenoxy) is 2. The fourth-order valence-electron chi connectivity index (χ4n) is 2.26. The van der Waals surface area contributed by atoms with E-state index >= 15 is 0 Å². The molecule has 0 amide bonds. The lowest BCUT2D eigenvalue weighted by molar-refractivity contribution is -0.0619. The predicted molar refractivity (Wildman–Crippen MR) is 69.4 cm³/mol. The monoisotopic (exact) mass is 248 g/mol. The summed E-state index contributed by atoms with van der Waals surface area (Å²) in [6.45, 7) is 4.19. The van der Waals surface area contributed by atoms with E-state index in [1.165, 1.54) is 5.56 Å². The lowest BCUT2D eigenvalue weighted by Crippen LogP contribution is -2.29. The van der Waals surface area contributed by atoms with Gasteiger partial charge in [0.05, 0.1) is 0 Å². The maximum Gasteiger partial charge on any atom is 0.509 e. The van der Waals surface area contributed by atoms with Crippen LogP contribution in [0.15, 0.2) is 24.3 Å². The van der Waals surface area contributed by atoms with Crippen LogP contribution in [0.4, 0.5) is 4.79 Å². The molecule has 1 aromatic rings. The van der Waals surface area contributed by atoms with Crippen molar-refractivity contribution in [2.45, 2.75) is 51.7 Å². The van der Waals surface area contributed by atoms with Crippen LogP contribution in [0.2, 0.25) is 0 Å². The molecule has 1 aliphatic rings. The molecule has 0 radical (unpaired) electrons. The van der Waals surface area contributed by atoms with E-state index in [9.17, 15) is 4.79 Å². The van der Waals surface area contributed by atoms with E-state index in [0.717, 1.165) is 31.2 Å². The summed E-state index contributed by atoms with van der Waals surface area (Å²) in [5.41, 5.74) is 2.39. The summed E-state index contributed by atoms with van der Waals surface area (Å²) < 4.78 is 10.3. The molecular formula is C15H20O3. The molecule has 1 fully saturated rings. The van der Waals surface area contributed by atoms with Crippen LogP contribution in [-0.2, 0) is 15.9 Å². The Bertz CT molecular complexity index is 397. The highest BCUT2D eigenvalue weighted by atomic mass is 16.7. The van der Waals surface area contributed by atoms with Gasteiger partial charge in [0.2, 0.25) is 0 Å². The number of rotatable bonds is 4. The molecule has 2 atom stereocenters. The van der Waals surface area contributed by atoms with Crippen molar-refractivity contribution in [1.82, 2.24) is 0 Å². The van der Waals surface area contributed by atoms with Gasteiger partial charge in [-0.05, 0) is 24.0 Å². The Morgan fingerprint density at radius 1 is 1.17 bits per heavy atom. The summed E-state index contributed by atoms with van der Waals surface area (Å²) in [6, 6.07) is 8.34. The van der Waals surface area contributed by atoms with Gasteiger partial charge in [-0.1, -0.05) is 44.5 Å². The van der Waals surface area contributed by atoms with E-state index in [0.29, 0.717) is 0 Å². The third kappa shape index (κ3) is 3.03. The van der Waals surface area contributed by atoms with E-state index < -0.39 is 6.16 Å². The maximum absolute atomic E-state index is 11.3. The molecule has 0 bridgehead atoms. The minimum absolute atomic E-state index is 0.0217. The van der Waals surface area contributed by atoms with Crippen molar-refractivity contribution >= 4 is 6.16 Å². The number of carbonyl (C=O) groups is 1. The number of hydrogen-bond acceptors (Lipinski definition) is 3. The average molecular weight is 248 g/mol. The van der Waals surface area contributed by atoms with Crippen molar-refractivity contribution in [3.63, 3.8) is 0 Å². The Labute approximate surface area is 108 Å². The van der Waals surface area contributed by atoms with Crippen molar-refractivity contribution < 1.29 is 14.3 Å². The lowest BCUT2D eigenvalue weighted by Gasteiger charge is -2.28. The average Bonchev–Trinajstić information content (AvgIpc) is 2.39.